The molecule has 1 aromatic rings. The van der Waals surface area contributed by atoms with E-state index in [2.05, 4.69) is 22.4 Å². The molecule has 0 radical (unpaired) electrons. The van der Waals surface area contributed by atoms with E-state index in [9.17, 15) is 5.11 Å². The Hall–Kier alpha value is -0.930. The first-order chi connectivity index (χ1) is 8.24. The number of nitrogens with one attached hydrogen (secondary N) is 1. The maximum absolute atomic E-state index is 9.58. The monoisotopic (exact) mass is 234 g/mol. The minimum atomic E-state index is -0.0647. The van der Waals surface area contributed by atoms with Crippen LogP contribution in [0.2, 0.25) is 0 Å². The molecule has 0 amide bonds. The van der Waals surface area contributed by atoms with Crippen molar-refractivity contribution < 1.29 is 5.11 Å². The number of aromatic nitrogens is 1. The molecule has 0 unspecified atom stereocenters. The number of aryl methyl sites for hydroxylation is 1. The maximum atomic E-state index is 9.58. The number of aliphatic hydroxyl groups is 1. The normalized spacial score (nSPS) is 19.2. The molecular formula is C14H22N2O. The molecule has 0 spiro atoms. The van der Waals surface area contributed by atoms with Crippen LogP contribution >= 0.6 is 0 Å². The van der Waals surface area contributed by atoms with Gasteiger partial charge in [-0.05, 0) is 31.4 Å². The minimum absolute atomic E-state index is 0.0647. The Kier molecular flexibility index (Phi) is 4.13. The SMILES string of the molecule is Cc1ccc(CNC2(CO)CCCCC2)nc1. The highest BCUT2D eigenvalue weighted by molar-refractivity contribution is 5.12. The number of nitrogens with zero attached hydrogens (tertiary/aromatic N) is 1. The van der Waals surface area contributed by atoms with Crippen LogP contribution in [0.4, 0.5) is 0 Å². The molecular weight excluding hydrogens is 212 g/mol. The van der Waals surface area contributed by atoms with Crippen molar-refractivity contribution in [3.8, 4) is 0 Å². The summed E-state index contributed by atoms with van der Waals surface area (Å²) in [5.74, 6) is 0. The van der Waals surface area contributed by atoms with Gasteiger partial charge < -0.3 is 10.4 Å². The fourth-order valence-electron chi connectivity index (χ4n) is 2.50. The largest absolute Gasteiger partial charge is 0.394 e. The van der Waals surface area contributed by atoms with Crippen molar-refractivity contribution in [2.75, 3.05) is 6.61 Å². The predicted octanol–water partition coefficient (Wildman–Crippen LogP) is 2.17. The summed E-state index contributed by atoms with van der Waals surface area (Å²) < 4.78 is 0. The topological polar surface area (TPSA) is 45.1 Å². The van der Waals surface area contributed by atoms with E-state index < -0.39 is 0 Å². The van der Waals surface area contributed by atoms with Gasteiger partial charge in [-0.15, -0.1) is 0 Å². The third kappa shape index (κ3) is 3.27. The molecule has 3 heteroatoms. The van der Waals surface area contributed by atoms with Crippen molar-refractivity contribution in [3.05, 3.63) is 29.6 Å². The van der Waals surface area contributed by atoms with E-state index in [4.69, 9.17) is 0 Å². The van der Waals surface area contributed by atoms with Crippen LogP contribution in [0.1, 0.15) is 43.4 Å². The van der Waals surface area contributed by atoms with Gasteiger partial charge in [-0.3, -0.25) is 4.98 Å². The molecule has 1 aliphatic rings. The second-order valence-corrected chi connectivity index (χ2v) is 5.18. The summed E-state index contributed by atoms with van der Waals surface area (Å²) in [5, 5.41) is 13.1. The standard InChI is InChI=1S/C14H22N2O/c1-12-5-6-13(15-9-12)10-16-14(11-17)7-3-2-4-8-14/h5-6,9,16-17H,2-4,7-8,10-11H2,1H3. The molecule has 2 rings (SSSR count). The molecule has 0 saturated heterocycles. The van der Waals surface area contributed by atoms with Gasteiger partial charge in [-0.1, -0.05) is 25.3 Å². The van der Waals surface area contributed by atoms with E-state index in [1.54, 1.807) is 0 Å². The summed E-state index contributed by atoms with van der Waals surface area (Å²) in [5.41, 5.74) is 2.17. The fourth-order valence-corrected chi connectivity index (χ4v) is 2.50. The lowest BCUT2D eigenvalue weighted by molar-refractivity contribution is 0.119. The van der Waals surface area contributed by atoms with Crippen LogP contribution in [0.5, 0.6) is 0 Å². The number of rotatable bonds is 4. The molecule has 1 saturated carbocycles. The molecule has 0 aliphatic heterocycles. The van der Waals surface area contributed by atoms with E-state index in [1.807, 2.05) is 13.1 Å². The summed E-state index contributed by atoms with van der Waals surface area (Å²) in [4.78, 5) is 4.38. The smallest absolute Gasteiger partial charge is 0.0613 e. The van der Waals surface area contributed by atoms with Crippen molar-refractivity contribution in [2.45, 2.75) is 51.1 Å². The van der Waals surface area contributed by atoms with Crippen molar-refractivity contribution in [2.24, 2.45) is 0 Å². The Morgan fingerprint density at radius 2 is 2.06 bits per heavy atom. The summed E-state index contributed by atoms with van der Waals surface area (Å²) in [6, 6.07) is 4.13. The lowest BCUT2D eigenvalue weighted by atomic mass is 9.82. The molecule has 94 valence electrons. The van der Waals surface area contributed by atoms with Gasteiger partial charge >= 0.3 is 0 Å². The second-order valence-electron chi connectivity index (χ2n) is 5.18. The molecule has 1 fully saturated rings. The van der Waals surface area contributed by atoms with Gasteiger partial charge in [0.05, 0.1) is 12.3 Å². The summed E-state index contributed by atoms with van der Waals surface area (Å²) in [6.45, 7) is 3.03. The highest BCUT2D eigenvalue weighted by atomic mass is 16.3. The third-order valence-corrected chi connectivity index (χ3v) is 3.73. The van der Waals surface area contributed by atoms with Crippen LogP contribution in [0, 0.1) is 6.92 Å². The molecule has 1 heterocycles. The summed E-state index contributed by atoms with van der Waals surface area (Å²) in [6.07, 6.45) is 7.78. The molecule has 1 aromatic heterocycles. The first kappa shape index (κ1) is 12.5. The highest BCUT2D eigenvalue weighted by Crippen LogP contribution is 2.27. The maximum Gasteiger partial charge on any atom is 0.0613 e. The van der Waals surface area contributed by atoms with Crippen molar-refractivity contribution >= 4 is 0 Å². The number of hydrogen-bond donors (Lipinski definition) is 2. The zero-order valence-electron chi connectivity index (χ0n) is 10.6. The van der Waals surface area contributed by atoms with Crippen LogP contribution < -0.4 is 5.32 Å². The second kappa shape index (κ2) is 5.61. The zero-order chi connectivity index (χ0) is 12.1. The lowest BCUT2D eigenvalue weighted by Crippen LogP contribution is -2.49. The van der Waals surface area contributed by atoms with Crippen LogP contribution in [-0.2, 0) is 6.54 Å². The van der Waals surface area contributed by atoms with Crippen molar-refractivity contribution in [1.29, 1.82) is 0 Å². The quantitative estimate of drug-likeness (QED) is 0.839. The molecule has 1 aliphatic carbocycles. The summed E-state index contributed by atoms with van der Waals surface area (Å²) in [7, 11) is 0. The summed E-state index contributed by atoms with van der Waals surface area (Å²) >= 11 is 0. The lowest BCUT2D eigenvalue weighted by Gasteiger charge is -2.36. The van der Waals surface area contributed by atoms with E-state index in [-0.39, 0.29) is 12.1 Å². The predicted molar refractivity (Wildman–Crippen MR) is 68.7 cm³/mol. The van der Waals surface area contributed by atoms with Crippen molar-refractivity contribution in [1.82, 2.24) is 10.3 Å². The molecule has 0 aromatic carbocycles. The third-order valence-electron chi connectivity index (χ3n) is 3.73. The Morgan fingerprint density at radius 3 is 2.65 bits per heavy atom. The molecule has 0 atom stereocenters. The Bertz CT molecular complexity index is 342. The minimum Gasteiger partial charge on any atom is -0.394 e. The fraction of sp³-hybridized carbons (Fsp3) is 0.643. The number of pyridine rings is 1. The van der Waals surface area contributed by atoms with Gasteiger partial charge in [0.1, 0.15) is 0 Å². The van der Waals surface area contributed by atoms with Crippen LogP contribution in [0.25, 0.3) is 0 Å². The average molecular weight is 234 g/mol. The molecule has 2 N–H and O–H groups in total. The van der Waals surface area contributed by atoms with Gasteiger partial charge in [0.25, 0.3) is 0 Å². The van der Waals surface area contributed by atoms with Crippen LogP contribution in [-0.4, -0.2) is 22.2 Å². The highest BCUT2D eigenvalue weighted by Gasteiger charge is 2.30. The van der Waals surface area contributed by atoms with E-state index in [0.717, 1.165) is 25.1 Å². The number of aliphatic hydroxyl groups excluding tert-OH is 1. The Labute approximate surface area is 103 Å². The van der Waals surface area contributed by atoms with E-state index in [0.29, 0.717) is 0 Å². The van der Waals surface area contributed by atoms with Crippen LogP contribution in [0.15, 0.2) is 18.3 Å². The molecule has 0 bridgehead atoms. The van der Waals surface area contributed by atoms with Gasteiger partial charge in [0, 0.05) is 18.3 Å². The average Bonchev–Trinajstić information content (AvgIpc) is 2.39. The number of hydrogen-bond acceptors (Lipinski definition) is 3. The van der Waals surface area contributed by atoms with Crippen molar-refractivity contribution in [3.63, 3.8) is 0 Å². The van der Waals surface area contributed by atoms with Gasteiger partial charge in [0.15, 0.2) is 0 Å². The van der Waals surface area contributed by atoms with Crippen LogP contribution in [0.3, 0.4) is 0 Å². The first-order valence-corrected chi connectivity index (χ1v) is 6.52. The molecule has 3 nitrogen and oxygen atoms in total. The Morgan fingerprint density at radius 1 is 1.29 bits per heavy atom. The van der Waals surface area contributed by atoms with Gasteiger partial charge in [-0.25, -0.2) is 0 Å². The van der Waals surface area contributed by atoms with E-state index >= 15 is 0 Å². The van der Waals surface area contributed by atoms with E-state index in [1.165, 1.54) is 24.8 Å². The first-order valence-electron chi connectivity index (χ1n) is 6.52. The Balaban J connectivity index is 1.93. The molecule has 17 heavy (non-hydrogen) atoms. The zero-order valence-corrected chi connectivity index (χ0v) is 10.6. The van der Waals surface area contributed by atoms with Gasteiger partial charge in [0.2, 0.25) is 0 Å². The van der Waals surface area contributed by atoms with Gasteiger partial charge in [-0.2, -0.15) is 0 Å².